The second kappa shape index (κ2) is 12.0. The van der Waals surface area contributed by atoms with Crippen molar-refractivity contribution in [3.63, 3.8) is 0 Å². The Balaban J connectivity index is 1.39. The number of hydrogen-bond acceptors (Lipinski definition) is 6. The smallest absolute Gasteiger partial charge is 0.220 e. The first-order valence-electron chi connectivity index (χ1n) is 13.2. The van der Waals surface area contributed by atoms with E-state index >= 15 is 0 Å². The van der Waals surface area contributed by atoms with Crippen LogP contribution >= 0.6 is 23.2 Å². The fraction of sp³-hybridized carbons (Fsp3) is 0.448. The molecule has 0 amide bonds. The Morgan fingerprint density at radius 1 is 0.919 bits per heavy atom. The van der Waals surface area contributed by atoms with Gasteiger partial charge in [-0.1, -0.05) is 30.1 Å². The van der Waals surface area contributed by atoms with Gasteiger partial charge in [-0.3, -0.25) is 4.90 Å². The van der Waals surface area contributed by atoms with Crippen LogP contribution in [0.2, 0.25) is 10.0 Å². The molecule has 1 atom stereocenters. The minimum atomic E-state index is 0.543. The molecular weight excluding hydrogens is 505 g/mol. The summed E-state index contributed by atoms with van der Waals surface area (Å²) in [6.45, 7) is 9.47. The first kappa shape index (κ1) is 26.2. The molecule has 3 aromatic rings. The third-order valence-electron chi connectivity index (χ3n) is 7.31. The van der Waals surface area contributed by atoms with Gasteiger partial charge in [0, 0.05) is 54.4 Å². The normalized spacial score (nSPS) is 19.6. The van der Waals surface area contributed by atoms with Crippen molar-refractivity contribution in [3.8, 4) is 22.9 Å². The largest absolute Gasteiger partial charge is 0.437 e. The van der Waals surface area contributed by atoms with E-state index in [1.54, 1.807) is 12.3 Å². The highest BCUT2D eigenvalue weighted by Crippen LogP contribution is 2.31. The van der Waals surface area contributed by atoms with Gasteiger partial charge in [-0.25, -0.2) is 9.97 Å². The van der Waals surface area contributed by atoms with Gasteiger partial charge in [0.2, 0.25) is 5.88 Å². The molecule has 4 heterocycles. The lowest BCUT2D eigenvalue weighted by atomic mass is 10.0. The van der Waals surface area contributed by atoms with Crippen LogP contribution < -0.4 is 9.64 Å². The van der Waals surface area contributed by atoms with Gasteiger partial charge in [0.25, 0.3) is 0 Å². The molecule has 0 N–H and O–H groups in total. The summed E-state index contributed by atoms with van der Waals surface area (Å²) in [6, 6.07) is 13.7. The number of anilines is 1. The fourth-order valence-corrected chi connectivity index (χ4v) is 5.59. The van der Waals surface area contributed by atoms with E-state index in [0.29, 0.717) is 21.7 Å². The first-order valence-corrected chi connectivity index (χ1v) is 13.9. The zero-order valence-corrected chi connectivity index (χ0v) is 23.2. The maximum absolute atomic E-state index is 6.32. The summed E-state index contributed by atoms with van der Waals surface area (Å²) < 4.78 is 6.25. The highest BCUT2D eigenvalue weighted by Gasteiger charge is 2.17. The summed E-state index contributed by atoms with van der Waals surface area (Å²) in [5, 5.41) is 1.17. The molecule has 0 radical (unpaired) electrons. The van der Waals surface area contributed by atoms with Crippen LogP contribution in [-0.4, -0.2) is 66.1 Å². The Kier molecular flexibility index (Phi) is 8.50. The van der Waals surface area contributed by atoms with Gasteiger partial charge in [0.1, 0.15) is 11.6 Å². The number of aromatic nitrogens is 2. The molecule has 196 valence electrons. The molecule has 6 nitrogen and oxygen atoms in total. The highest BCUT2D eigenvalue weighted by atomic mass is 35.5. The molecule has 2 aliphatic heterocycles. The Hall–Kier alpha value is -2.38. The lowest BCUT2D eigenvalue weighted by Gasteiger charge is -2.33. The number of benzene rings is 1. The molecule has 8 heteroatoms. The van der Waals surface area contributed by atoms with E-state index in [4.69, 9.17) is 32.9 Å². The van der Waals surface area contributed by atoms with Gasteiger partial charge in [-0.05, 0) is 87.3 Å². The Bertz CT molecular complexity index is 1180. The van der Waals surface area contributed by atoms with Gasteiger partial charge in [0.05, 0.1) is 11.9 Å². The Morgan fingerprint density at radius 2 is 1.70 bits per heavy atom. The highest BCUT2D eigenvalue weighted by molar-refractivity contribution is 6.35. The van der Waals surface area contributed by atoms with Crippen molar-refractivity contribution in [2.45, 2.75) is 32.7 Å². The van der Waals surface area contributed by atoms with Crippen molar-refractivity contribution in [1.82, 2.24) is 19.8 Å². The number of halogens is 2. The van der Waals surface area contributed by atoms with E-state index in [2.05, 4.69) is 39.7 Å². The molecule has 2 saturated heterocycles. The van der Waals surface area contributed by atoms with Crippen LogP contribution in [-0.2, 0) is 6.54 Å². The minimum absolute atomic E-state index is 0.543. The van der Waals surface area contributed by atoms with Crippen molar-refractivity contribution in [1.29, 1.82) is 0 Å². The molecule has 1 unspecified atom stereocenters. The standard InChI is InChI=1S/C29H35Cl2N5O/c1-21-4-3-8-35(9-7-21)20-22-14-27(23-16-24(30)18-25(31)17-23)33-29(15-22)37-26-5-6-28(32-19-26)36-12-10-34(2)11-13-36/h5-6,14-19,21H,3-4,7-13,20H2,1-2H3. The van der Waals surface area contributed by atoms with E-state index in [0.717, 1.165) is 74.4 Å². The maximum Gasteiger partial charge on any atom is 0.220 e. The van der Waals surface area contributed by atoms with Gasteiger partial charge < -0.3 is 14.5 Å². The average molecular weight is 541 g/mol. The molecule has 0 bridgehead atoms. The van der Waals surface area contributed by atoms with Gasteiger partial charge >= 0.3 is 0 Å². The molecule has 2 aliphatic rings. The van der Waals surface area contributed by atoms with Crippen LogP contribution in [0.4, 0.5) is 5.82 Å². The molecular formula is C29H35Cl2N5O. The molecule has 5 rings (SSSR count). The van der Waals surface area contributed by atoms with E-state index in [1.807, 2.05) is 30.3 Å². The van der Waals surface area contributed by atoms with E-state index in [1.165, 1.54) is 19.3 Å². The minimum Gasteiger partial charge on any atom is -0.437 e. The SMILES string of the molecule is CC1CCCN(Cc2cc(Oc3ccc(N4CCN(C)CC4)nc3)nc(-c3cc(Cl)cc(Cl)c3)c2)CC1. The Morgan fingerprint density at radius 3 is 2.43 bits per heavy atom. The van der Waals surface area contributed by atoms with Crippen molar-refractivity contribution < 1.29 is 4.74 Å². The number of likely N-dealkylation sites (tertiary alicyclic amines) is 1. The lowest BCUT2D eigenvalue weighted by molar-refractivity contribution is 0.273. The zero-order chi connectivity index (χ0) is 25.8. The molecule has 1 aromatic carbocycles. The first-order chi connectivity index (χ1) is 17.9. The molecule has 0 spiro atoms. The average Bonchev–Trinajstić information content (AvgIpc) is 3.08. The Labute approximate surface area is 230 Å². The molecule has 37 heavy (non-hydrogen) atoms. The topological polar surface area (TPSA) is 44.7 Å². The van der Waals surface area contributed by atoms with Crippen molar-refractivity contribution in [3.05, 3.63) is 64.3 Å². The second-order valence-corrected chi connectivity index (χ2v) is 11.3. The van der Waals surface area contributed by atoms with Crippen LogP contribution in [0.5, 0.6) is 11.6 Å². The fourth-order valence-electron chi connectivity index (χ4n) is 5.07. The van der Waals surface area contributed by atoms with E-state index in [9.17, 15) is 0 Å². The van der Waals surface area contributed by atoms with Gasteiger partial charge in [-0.15, -0.1) is 0 Å². The van der Waals surface area contributed by atoms with Gasteiger partial charge in [0.15, 0.2) is 0 Å². The molecule has 2 fully saturated rings. The molecule has 0 aliphatic carbocycles. The molecule has 2 aromatic heterocycles. The zero-order valence-electron chi connectivity index (χ0n) is 21.7. The third kappa shape index (κ3) is 7.14. The predicted octanol–water partition coefficient (Wildman–Crippen LogP) is 6.62. The lowest BCUT2D eigenvalue weighted by Crippen LogP contribution is -2.44. The summed E-state index contributed by atoms with van der Waals surface area (Å²) in [6.07, 6.45) is 5.55. The number of rotatable bonds is 6. The maximum atomic E-state index is 6.32. The second-order valence-electron chi connectivity index (χ2n) is 10.4. The summed E-state index contributed by atoms with van der Waals surface area (Å²) in [7, 11) is 2.15. The van der Waals surface area contributed by atoms with Gasteiger partial charge in [-0.2, -0.15) is 0 Å². The quantitative estimate of drug-likeness (QED) is 0.350. The number of likely N-dealkylation sites (N-methyl/N-ethyl adjacent to an activating group) is 1. The third-order valence-corrected chi connectivity index (χ3v) is 7.74. The number of ether oxygens (including phenoxy) is 1. The van der Waals surface area contributed by atoms with Crippen LogP contribution in [0.25, 0.3) is 11.3 Å². The predicted molar refractivity (Wildman–Crippen MR) is 152 cm³/mol. The van der Waals surface area contributed by atoms with Crippen molar-refractivity contribution in [2.24, 2.45) is 5.92 Å². The number of pyridine rings is 2. The summed E-state index contributed by atoms with van der Waals surface area (Å²) >= 11 is 12.6. The van der Waals surface area contributed by atoms with Crippen molar-refractivity contribution in [2.75, 3.05) is 51.2 Å². The van der Waals surface area contributed by atoms with Crippen LogP contribution in [0.3, 0.4) is 0 Å². The number of nitrogens with zero attached hydrogens (tertiary/aromatic N) is 5. The summed E-state index contributed by atoms with van der Waals surface area (Å²) in [5.41, 5.74) is 2.83. The van der Waals surface area contributed by atoms with E-state index < -0.39 is 0 Å². The summed E-state index contributed by atoms with van der Waals surface area (Å²) in [5.74, 6) is 2.97. The van der Waals surface area contributed by atoms with Crippen LogP contribution in [0.1, 0.15) is 31.7 Å². The van der Waals surface area contributed by atoms with Crippen LogP contribution in [0, 0.1) is 5.92 Å². The monoisotopic (exact) mass is 539 g/mol. The summed E-state index contributed by atoms with van der Waals surface area (Å²) in [4.78, 5) is 16.7. The number of piperazine rings is 1. The van der Waals surface area contributed by atoms with E-state index in [-0.39, 0.29) is 0 Å². The van der Waals surface area contributed by atoms with Crippen LogP contribution in [0.15, 0.2) is 48.7 Å². The number of hydrogen-bond donors (Lipinski definition) is 0. The molecule has 0 saturated carbocycles. The van der Waals surface area contributed by atoms with Crippen molar-refractivity contribution >= 4 is 29.0 Å².